The number of fused-ring (bicyclic) bond motifs is 2. The minimum atomic E-state index is -0.743. The number of rotatable bonds is 2. The van der Waals surface area contributed by atoms with Gasteiger partial charge in [-0.3, -0.25) is 0 Å². The van der Waals surface area contributed by atoms with Crippen LogP contribution in [0, 0.1) is 17.2 Å². The van der Waals surface area contributed by atoms with Crippen LogP contribution in [0.25, 0.3) is 5.57 Å². The molecular weight excluding hydrogens is 338 g/mol. The number of allylic oxidation sites excluding steroid dienone is 5. The third-order valence-corrected chi connectivity index (χ3v) is 5.87. The summed E-state index contributed by atoms with van der Waals surface area (Å²) in [6.07, 6.45) is 8.51. The summed E-state index contributed by atoms with van der Waals surface area (Å²) in [5, 5.41) is 10.6. The molecule has 0 saturated carbocycles. The van der Waals surface area contributed by atoms with E-state index < -0.39 is 5.41 Å². The number of nitrogens with zero attached hydrogens (tertiary/aromatic N) is 1. The monoisotopic (exact) mass is 357 g/mol. The summed E-state index contributed by atoms with van der Waals surface area (Å²) in [6.45, 7) is 0. The first-order valence-corrected chi connectivity index (χ1v) is 9.57. The van der Waals surface area contributed by atoms with Gasteiger partial charge in [0.25, 0.3) is 0 Å². The van der Waals surface area contributed by atoms with Gasteiger partial charge in [0, 0.05) is 5.92 Å². The molecule has 2 aliphatic rings. The van der Waals surface area contributed by atoms with E-state index in [0.29, 0.717) is 0 Å². The van der Waals surface area contributed by atoms with Crippen LogP contribution in [0.1, 0.15) is 22.3 Å². The zero-order valence-corrected chi connectivity index (χ0v) is 15.4. The molecule has 2 unspecified atom stereocenters. The van der Waals surface area contributed by atoms with Gasteiger partial charge in [0.1, 0.15) is 5.41 Å². The summed E-state index contributed by atoms with van der Waals surface area (Å²) in [5.74, 6) is -0.0324. The van der Waals surface area contributed by atoms with Crippen LogP contribution in [-0.2, 0) is 5.41 Å². The van der Waals surface area contributed by atoms with Crippen molar-refractivity contribution in [1.82, 2.24) is 0 Å². The molecule has 5 rings (SSSR count). The zero-order valence-electron chi connectivity index (χ0n) is 15.4. The van der Waals surface area contributed by atoms with Crippen molar-refractivity contribution >= 4 is 5.57 Å². The molecule has 0 heterocycles. The van der Waals surface area contributed by atoms with Crippen molar-refractivity contribution in [3.63, 3.8) is 0 Å². The minimum Gasteiger partial charge on any atom is -0.197 e. The first-order valence-electron chi connectivity index (χ1n) is 9.57. The average molecular weight is 357 g/mol. The van der Waals surface area contributed by atoms with Crippen LogP contribution < -0.4 is 0 Å². The van der Waals surface area contributed by atoms with Crippen molar-refractivity contribution in [2.24, 2.45) is 5.92 Å². The van der Waals surface area contributed by atoms with E-state index in [1.54, 1.807) is 0 Å². The second kappa shape index (κ2) is 6.51. The highest BCUT2D eigenvalue weighted by Gasteiger charge is 2.48. The van der Waals surface area contributed by atoms with Gasteiger partial charge in [-0.1, -0.05) is 109 Å². The van der Waals surface area contributed by atoms with Crippen LogP contribution in [-0.4, -0.2) is 0 Å². The molecular formula is C27H19N. The Bertz CT molecular complexity index is 1160. The van der Waals surface area contributed by atoms with Crippen LogP contribution in [0.4, 0.5) is 0 Å². The van der Waals surface area contributed by atoms with Crippen molar-refractivity contribution in [2.75, 3.05) is 0 Å². The molecule has 0 radical (unpaired) electrons. The van der Waals surface area contributed by atoms with Crippen molar-refractivity contribution in [3.05, 3.63) is 137 Å². The third-order valence-electron chi connectivity index (χ3n) is 5.87. The fraction of sp³-hybridized carbons (Fsp3) is 0.0741. The highest BCUT2D eigenvalue weighted by Crippen LogP contribution is 2.53. The molecule has 1 heteroatoms. The summed E-state index contributed by atoms with van der Waals surface area (Å²) in [6, 6.07) is 31.9. The van der Waals surface area contributed by atoms with Crippen LogP contribution in [0.2, 0.25) is 0 Å². The van der Waals surface area contributed by atoms with Crippen molar-refractivity contribution in [1.29, 1.82) is 5.26 Å². The van der Waals surface area contributed by atoms with Gasteiger partial charge in [-0.05, 0) is 33.4 Å². The lowest BCUT2D eigenvalue weighted by Gasteiger charge is -2.42. The van der Waals surface area contributed by atoms with Gasteiger partial charge < -0.3 is 0 Å². The van der Waals surface area contributed by atoms with Crippen LogP contribution >= 0.6 is 0 Å². The summed E-state index contributed by atoms with van der Waals surface area (Å²) in [4.78, 5) is 0. The van der Waals surface area contributed by atoms with Crippen molar-refractivity contribution < 1.29 is 0 Å². The Balaban J connectivity index is 1.90. The van der Waals surface area contributed by atoms with Crippen molar-refractivity contribution in [2.45, 2.75) is 5.41 Å². The third kappa shape index (κ3) is 2.25. The SMILES string of the molecule is N#CC1(c2ccccc2)c2ccccc2C(c2ccccc2)=C2C=CC=CC21. The molecule has 0 spiro atoms. The molecule has 132 valence electrons. The standard InChI is InChI=1S/C27H19N/c28-19-27(21-13-5-2-6-14-21)24-17-9-7-15-22(24)26(20-11-3-1-4-12-20)23-16-8-10-18-25(23)27/h1-18,24H. The van der Waals surface area contributed by atoms with Gasteiger partial charge in [0.15, 0.2) is 0 Å². The highest BCUT2D eigenvalue weighted by atomic mass is 14.5. The van der Waals surface area contributed by atoms with E-state index >= 15 is 0 Å². The molecule has 0 N–H and O–H groups in total. The molecule has 1 nitrogen and oxygen atoms in total. The van der Waals surface area contributed by atoms with E-state index in [-0.39, 0.29) is 5.92 Å². The second-order valence-electron chi connectivity index (χ2n) is 7.25. The molecule has 0 bridgehead atoms. The molecule has 0 fully saturated rings. The van der Waals surface area contributed by atoms with Crippen LogP contribution in [0.15, 0.2) is 115 Å². The lowest BCUT2D eigenvalue weighted by molar-refractivity contribution is 0.531. The van der Waals surface area contributed by atoms with Crippen LogP contribution in [0.3, 0.4) is 0 Å². The van der Waals surface area contributed by atoms with Crippen LogP contribution in [0.5, 0.6) is 0 Å². The molecule has 0 aliphatic heterocycles. The van der Waals surface area contributed by atoms with Gasteiger partial charge in [-0.15, -0.1) is 0 Å². The summed E-state index contributed by atoms with van der Waals surface area (Å²) in [7, 11) is 0. The van der Waals surface area contributed by atoms with E-state index in [1.165, 1.54) is 16.7 Å². The Morgan fingerprint density at radius 2 is 1.43 bits per heavy atom. The Hall–Kier alpha value is -3.63. The van der Waals surface area contributed by atoms with E-state index in [2.05, 4.69) is 85.0 Å². The Morgan fingerprint density at radius 1 is 0.750 bits per heavy atom. The van der Waals surface area contributed by atoms with Gasteiger partial charge in [0.05, 0.1) is 6.07 Å². The number of hydrogen-bond acceptors (Lipinski definition) is 1. The normalized spacial score (nSPS) is 22.3. The summed E-state index contributed by atoms with van der Waals surface area (Å²) < 4.78 is 0. The molecule has 0 amide bonds. The van der Waals surface area contributed by atoms with E-state index in [1.807, 2.05) is 30.3 Å². The predicted octanol–water partition coefficient (Wildman–Crippen LogP) is 6.05. The fourth-order valence-corrected chi connectivity index (χ4v) is 4.68. The minimum absolute atomic E-state index is 0.0324. The molecule has 2 atom stereocenters. The summed E-state index contributed by atoms with van der Waals surface area (Å²) >= 11 is 0. The van der Waals surface area contributed by atoms with E-state index in [0.717, 1.165) is 16.7 Å². The Morgan fingerprint density at radius 3 is 2.18 bits per heavy atom. The quantitative estimate of drug-likeness (QED) is 0.547. The molecule has 3 aromatic carbocycles. The first-order chi connectivity index (χ1) is 13.9. The molecule has 28 heavy (non-hydrogen) atoms. The summed E-state index contributed by atoms with van der Waals surface area (Å²) in [5.41, 5.74) is 6.14. The Kier molecular flexibility index (Phi) is 3.85. The van der Waals surface area contributed by atoms with Gasteiger partial charge in [-0.25, -0.2) is 0 Å². The van der Waals surface area contributed by atoms with E-state index in [9.17, 15) is 5.26 Å². The molecule has 0 aromatic heterocycles. The smallest absolute Gasteiger partial charge is 0.118 e. The lowest BCUT2D eigenvalue weighted by atomic mass is 9.57. The predicted molar refractivity (Wildman–Crippen MR) is 114 cm³/mol. The highest BCUT2D eigenvalue weighted by molar-refractivity contribution is 5.90. The Labute approximate surface area is 165 Å². The number of nitriles is 1. The second-order valence-corrected chi connectivity index (χ2v) is 7.25. The van der Waals surface area contributed by atoms with E-state index in [4.69, 9.17) is 0 Å². The topological polar surface area (TPSA) is 23.8 Å². The zero-order chi connectivity index (χ0) is 19.0. The molecule has 3 aromatic rings. The fourth-order valence-electron chi connectivity index (χ4n) is 4.68. The average Bonchev–Trinajstić information content (AvgIpc) is 2.78. The maximum atomic E-state index is 10.6. The first kappa shape index (κ1) is 16.5. The lowest BCUT2D eigenvalue weighted by Crippen LogP contribution is -2.39. The number of hydrogen-bond donors (Lipinski definition) is 0. The van der Waals surface area contributed by atoms with Gasteiger partial charge in [-0.2, -0.15) is 5.26 Å². The maximum Gasteiger partial charge on any atom is 0.118 e. The van der Waals surface area contributed by atoms with Gasteiger partial charge in [0.2, 0.25) is 0 Å². The largest absolute Gasteiger partial charge is 0.197 e. The van der Waals surface area contributed by atoms with Gasteiger partial charge >= 0.3 is 0 Å². The maximum absolute atomic E-state index is 10.6. The molecule has 2 aliphatic carbocycles. The number of benzene rings is 3. The molecule has 0 saturated heterocycles. The van der Waals surface area contributed by atoms with Crippen molar-refractivity contribution in [3.8, 4) is 6.07 Å².